The lowest BCUT2D eigenvalue weighted by atomic mass is 10.1. The van der Waals surface area contributed by atoms with Crippen molar-refractivity contribution >= 4 is 22.8 Å². The fourth-order valence-electron chi connectivity index (χ4n) is 2.63. The highest BCUT2D eigenvalue weighted by Gasteiger charge is 2.34. The van der Waals surface area contributed by atoms with Crippen molar-refractivity contribution in [2.24, 2.45) is 10.7 Å². The normalized spacial score (nSPS) is 12.2. The number of aromatic nitrogens is 1. The summed E-state index contributed by atoms with van der Waals surface area (Å²) in [5, 5.41) is 2.13. The average Bonchev–Trinajstić information content (AvgIpc) is 3.09. The van der Waals surface area contributed by atoms with Gasteiger partial charge in [0.05, 0.1) is 11.1 Å². The number of nitrogens with two attached hydrogens (primary N) is 1. The molecule has 146 valence electrons. The summed E-state index contributed by atoms with van der Waals surface area (Å²) in [5.74, 6) is -0.808. The maximum atomic E-state index is 13.5. The number of ether oxygens (including phenoxy) is 1. The first-order valence-electron chi connectivity index (χ1n) is 8.22. The van der Waals surface area contributed by atoms with Gasteiger partial charge in [0.15, 0.2) is 5.96 Å². The van der Waals surface area contributed by atoms with E-state index in [4.69, 9.17) is 10.5 Å². The van der Waals surface area contributed by atoms with Gasteiger partial charge in [-0.1, -0.05) is 30.3 Å². The van der Waals surface area contributed by atoms with E-state index < -0.39 is 17.6 Å². The zero-order chi connectivity index (χ0) is 20.3. The summed E-state index contributed by atoms with van der Waals surface area (Å²) >= 11 is 0. The molecule has 3 aromatic rings. The minimum atomic E-state index is -4.62. The van der Waals surface area contributed by atoms with Gasteiger partial charge in [-0.05, 0) is 17.7 Å². The van der Waals surface area contributed by atoms with E-state index in [-0.39, 0.29) is 34.9 Å². The number of aromatic amines is 1. The monoisotopic (exact) mass is 390 g/mol. The second-order valence-corrected chi connectivity index (χ2v) is 5.95. The topological polar surface area (TPSA) is 92.5 Å². The zero-order valence-electron chi connectivity index (χ0n) is 14.8. The van der Waals surface area contributed by atoms with Gasteiger partial charge in [-0.3, -0.25) is 15.1 Å². The summed E-state index contributed by atoms with van der Waals surface area (Å²) in [6, 6.07) is 12.5. The smallest absolute Gasteiger partial charge is 0.417 e. The molecule has 9 heteroatoms. The predicted molar refractivity (Wildman–Crippen MR) is 99.1 cm³/mol. The second kappa shape index (κ2) is 7.63. The lowest BCUT2D eigenvalue weighted by Crippen LogP contribution is -2.36. The van der Waals surface area contributed by atoms with Gasteiger partial charge in [0.1, 0.15) is 18.1 Å². The summed E-state index contributed by atoms with van der Waals surface area (Å²) in [6.45, 7) is 0.112. The van der Waals surface area contributed by atoms with E-state index in [9.17, 15) is 18.0 Å². The molecule has 0 fully saturated rings. The number of rotatable bonds is 4. The predicted octanol–water partition coefficient (Wildman–Crippen LogP) is 3.44. The Balaban J connectivity index is 1.97. The van der Waals surface area contributed by atoms with Crippen LogP contribution in [0.1, 0.15) is 21.6 Å². The van der Waals surface area contributed by atoms with Gasteiger partial charge in [-0.2, -0.15) is 13.2 Å². The summed E-state index contributed by atoms with van der Waals surface area (Å²) in [4.78, 5) is 18.4. The van der Waals surface area contributed by atoms with Gasteiger partial charge in [-0.25, -0.2) is 0 Å². The number of carbonyl (C=O) groups excluding carboxylic acids is 1. The molecule has 4 N–H and O–H groups in total. The Labute approximate surface area is 158 Å². The average molecular weight is 390 g/mol. The maximum Gasteiger partial charge on any atom is 0.417 e. The molecule has 1 heterocycles. The fourth-order valence-corrected chi connectivity index (χ4v) is 2.63. The van der Waals surface area contributed by atoms with Crippen LogP contribution in [0.4, 0.5) is 13.2 Å². The van der Waals surface area contributed by atoms with Crippen LogP contribution in [0.3, 0.4) is 0 Å². The largest absolute Gasteiger partial charge is 0.489 e. The van der Waals surface area contributed by atoms with Crippen molar-refractivity contribution in [3.63, 3.8) is 0 Å². The van der Waals surface area contributed by atoms with Crippen molar-refractivity contribution in [3.8, 4) is 5.75 Å². The van der Waals surface area contributed by atoms with Crippen molar-refractivity contribution < 1.29 is 22.7 Å². The quantitative estimate of drug-likeness (QED) is 0.471. The van der Waals surface area contributed by atoms with Crippen LogP contribution in [0.15, 0.2) is 53.5 Å². The number of hydrogen-bond acceptors (Lipinski definition) is 3. The molecule has 0 bridgehead atoms. The molecule has 3 rings (SSSR count). The van der Waals surface area contributed by atoms with E-state index in [1.165, 1.54) is 13.1 Å². The van der Waals surface area contributed by atoms with Crippen molar-refractivity contribution in [1.82, 2.24) is 10.3 Å². The van der Waals surface area contributed by atoms with Crippen molar-refractivity contribution in [3.05, 3.63) is 65.4 Å². The molecule has 0 saturated heterocycles. The summed E-state index contributed by atoms with van der Waals surface area (Å²) in [6.07, 6.45) is -4.62. The van der Waals surface area contributed by atoms with Crippen molar-refractivity contribution in [2.45, 2.75) is 12.8 Å². The molecule has 0 aliphatic carbocycles. The van der Waals surface area contributed by atoms with E-state index in [1.54, 1.807) is 12.1 Å². The summed E-state index contributed by atoms with van der Waals surface area (Å²) in [7, 11) is 1.37. The molecule has 0 atom stereocenters. The van der Waals surface area contributed by atoms with E-state index in [1.807, 2.05) is 18.2 Å². The zero-order valence-corrected chi connectivity index (χ0v) is 14.8. The molecule has 1 amide bonds. The molecule has 1 aromatic heterocycles. The SMILES string of the molecule is CN=C(N)NC(=O)c1cc2c(C(F)(F)F)cc(OCc3ccccc3)cc2[nH]1. The number of aliphatic imine (C=N–C) groups is 1. The van der Waals surface area contributed by atoms with Crippen LogP contribution in [-0.2, 0) is 12.8 Å². The number of alkyl halides is 3. The Hall–Kier alpha value is -3.49. The van der Waals surface area contributed by atoms with Crippen LogP contribution in [0.25, 0.3) is 10.9 Å². The number of guanidine groups is 1. The van der Waals surface area contributed by atoms with Crippen molar-refractivity contribution in [1.29, 1.82) is 0 Å². The molecule has 0 aliphatic rings. The summed E-state index contributed by atoms with van der Waals surface area (Å²) < 4.78 is 46.1. The van der Waals surface area contributed by atoms with Gasteiger partial charge in [-0.15, -0.1) is 0 Å². The number of hydrogen-bond donors (Lipinski definition) is 3. The fraction of sp³-hybridized carbons (Fsp3) is 0.158. The van der Waals surface area contributed by atoms with E-state index in [0.717, 1.165) is 17.7 Å². The molecule has 6 nitrogen and oxygen atoms in total. The standard InChI is InChI=1S/C19H17F3N4O2/c1-24-18(23)26-17(27)16-9-13-14(19(20,21)22)7-12(8-15(13)25-16)28-10-11-5-3-2-4-6-11/h2-9,25H,10H2,1H3,(H3,23,24,26,27). The lowest BCUT2D eigenvalue weighted by molar-refractivity contribution is -0.136. The molecule has 0 spiro atoms. The molecule has 28 heavy (non-hydrogen) atoms. The number of nitrogens with zero attached hydrogens (tertiary/aromatic N) is 1. The number of H-pyrrole nitrogens is 1. The van der Waals surface area contributed by atoms with Crippen LogP contribution in [-0.4, -0.2) is 23.9 Å². The molecule has 0 saturated carbocycles. The van der Waals surface area contributed by atoms with Crippen LogP contribution in [0, 0.1) is 0 Å². The number of amides is 1. The minimum absolute atomic E-state index is 0.0344. The molecule has 2 aromatic carbocycles. The first-order valence-corrected chi connectivity index (χ1v) is 8.22. The van der Waals surface area contributed by atoms with Gasteiger partial charge in [0.2, 0.25) is 0 Å². The minimum Gasteiger partial charge on any atom is -0.489 e. The van der Waals surface area contributed by atoms with Crippen LogP contribution in [0.5, 0.6) is 5.75 Å². The van der Waals surface area contributed by atoms with E-state index in [0.29, 0.717) is 0 Å². The van der Waals surface area contributed by atoms with Gasteiger partial charge >= 0.3 is 6.18 Å². The molecule has 0 unspecified atom stereocenters. The highest BCUT2D eigenvalue weighted by molar-refractivity contribution is 6.06. The van der Waals surface area contributed by atoms with E-state index >= 15 is 0 Å². The Morgan fingerprint density at radius 3 is 2.57 bits per heavy atom. The Bertz CT molecular complexity index is 1030. The molecular weight excluding hydrogens is 373 g/mol. The molecule has 0 aliphatic heterocycles. The third-order valence-corrected chi connectivity index (χ3v) is 3.99. The third-order valence-electron chi connectivity index (χ3n) is 3.99. The second-order valence-electron chi connectivity index (χ2n) is 5.95. The van der Waals surface area contributed by atoms with Crippen LogP contribution >= 0.6 is 0 Å². The number of carbonyl (C=O) groups is 1. The first-order chi connectivity index (χ1) is 13.3. The highest BCUT2D eigenvalue weighted by atomic mass is 19.4. The number of halogens is 3. The Morgan fingerprint density at radius 2 is 1.93 bits per heavy atom. The molecular formula is C19H17F3N4O2. The van der Waals surface area contributed by atoms with Crippen LogP contribution < -0.4 is 15.8 Å². The number of fused-ring (bicyclic) bond motifs is 1. The van der Waals surface area contributed by atoms with E-state index in [2.05, 4.69) is 15.3 Å². The lowest BCUT2D eigenvalue weighted by Gasteiger charge is -2.12. The first kappa shape index (κ1) is 19.3. The van der Waals surface area contributed by atoms with Crippen LogP contribution in [0.2, 0.25) is 0 Å². The maximum absolute atomic E-state index is 13.5. The number of nitrogens with one attached hydrogen (secondary N) is 2. The number of benzene rings is 2. The van der Waals surface area contributed by atoms with Crippen molar-refractivity contribution in [2.75, 3.05) is 7.05 Å². The molecule has 0 radical (unpaired) electrons. The Kier molecular flexibility index (Phi) is 5.25. The van der Waals surface area contributed by atoms with Gasteiger partial charge in [0, 0.05) is 18.5 Å². The highest BCUT2D eigenvalue weighted by Crippen LogP contribution is 2.38. The summed E-state index contributed by atoms with van der Waals surface area (Å²) in [5.41, 5.74) is 5.39. The van der Waals surface area contributed by atoms with Gasteiger partial charge in [0.25, 0.3) is 5.91 Å². The third kappa shape index (κ3) is 4.25. The van der Waals surface area contributed by atoms with Gasteiger partial charge < -0.3 is 15.5 Å². The Morgan fingerprint density at radius 1 is 1.21 bits per heavy atom.